The number of rotatable bonds is 10. The van der Waals surface area contributed by atoms with Crippen molar-refractivity contribution in [1.29, 1.82) is 0 Å². The van der Waals surface area contributed by atoms with Gasteiger partial charge in [-0.3, -0.25) is 4.79 Å². The van der Waals surface area contributed by atoms with E-state index in [9.17, 15) is 4.79 Å². The summed E-state index contributed by atoms with van der Waals surface area (Å²) in [5, 5.41) is 2.91. The predicted octanol–water partition coefficient (Wildman–Crippen LogP) is 4.22. The Hall–Kier alpha value is -2.49. The van der Waals surface area contributed by atoms with Crippen LogP contribution in [0.3, 0.4) is 0 Å². The topological polar surface area (TPSA) is 47.6 Å². The Morgan fingerprint density at radius 2 is 1.85 bits per heavy atom. The Kier molecular flexibility index (Phi) is 8.00. The summed E-state index contributed by atoms with van der Waals surface area (Å²) in [6.07, 6.45) is 2.73. The van der Waals surface area contributed by atoms with Gasteiger partial charge in [0.05, 0.1) is 6.61 Å². The molecule has 0 fully saturated rings. The van der Waals surface area contributed by atoms with Crippen LogP contribution in [0, 0.1) is 13.8 Å². The zero-order chi connectivity index (χ0) is 18.8. The molecule has 0 aliphatic heterocycles. The van der Waals surface area contributed by atoms with Gasteiger partial charge in [-0.2, -0.15) is 0 Å². The average Bonchev–Trinajstić information content (AvgIpc) is 2.63. The van der Waals surface area contributed by atoms with Gasteiger partial charge in [0.15, 0.2) is 6.61 Å². The molecule has 0 bridgehead atoms. The third-order valence-corrected chi connectivity index (χ3v) is 4.07. The van der Waals surface area contributed by atoms with E-state index < -0.39 is 0 Å². The zero-order valence-corrected chi connectivity index (χ0v) is 16.0. The molecule has 0 unspecified atom stereocenters. The van der Waals surface area contributed by atoms with Gasteiger partial charge < -0.3 is 14.8 Å². The Balaban J connectivity index is 1.70. The molecule has 0 aliphatic carbocycles. The Morgan fingerprint density at radius 1 is 1.04 bits per heavy atom. The van der Waals surface area contributed by atoms with Crippen LogP contribution in [0.4, 0.5) is 0 Å². The Morgan fingerprint density at radius 3 is 2.62 bits per heavy atom. The fourth-order valence-corrected chi connectivity index (χ4v) is 2.73. The van der Waals surface area contributed by atoms with Gasteiger partial charge >= 0.3 is 0 Å². The van der Waals surface area contributed by atoms with Gasteiger partial charge in [0.2, 0.25) is 0 Å². The van der Waals surface area contributed by atoms with Crippen LogP contribution >= 0.6 is 0 Å². The molecule has 0 saturated heterocycles. The number of carbonyl (C=O) groups is 1. The number of hydrogen-bond acceptors (Lipinski definition) is 3. The highest BCUT2D eigenvalue weighted by molar-refractivity contribution is 5.77. The minimum absolute atomic E-state index is 0.0418. The quantitative estimate of drug-likeness (QED) is 0.649. The van der Waals surface area contributed by atoms with Crippen molar-refractivity contribution in [3.05, 3.63) is 59.2 Å². The highest BCUT2D eigenvalue weighted by Gasteiger charge is 2.06. The molecule has 0 aliphatic rings. The molecular formula is C22H29NO3. The third-order valence-electron chi connectivity index (χ3n) is 4.07. The highest BCUT2D eigenvalue weighted by atomic mass is 16.5. The molecule has 0 spiro atoms. The van der Waals surface area contributed by atoms with Crippen molar-refractivity contribution >= 4 is 5.91 Å². The number of amides is 1. The maximum atomic E-state index is 12.0. The molecule has 2 aromatic carbocycles. The molecular weight excluding hydrogens is 326 g/mol. The van der Waals surface area contributed by atoms with E-state index in [4.69, 9.17) is 9.47 Å². The lowest BCUT2D eigenvalue weighted by Gasteiger charge is -2.12. The zero-order valence-electron chi connectivity index (χ0n) is 16.0. The Bertz CT molecular complexity index is 712. The van der Waals surface area contributed by atoms with Crippen molar-refractivity contribution in [3.8, 4) is 11.5 Å². The summed E-state index contributed by atoms with van der Waals surface area (Å²) >= 11 is 0. The van der Waals surface area contributed by atoms with Crippen molar-refractivity contribution < 1.29 is 14.3 Å². The summed E-state index contributed by atoms with van der Waals surface area (Å²) in [4.78, 5) is 12.0. The van der Waals surface area contributed by atoms with Gasteiger partial charge in [-0.1, -0.05) is 42.8 Å². The van der Waals surface area contributed by atoms with Gasteiger partial charge in [0.1, 0.15) is 11.5 Å². The molecule has 2 rings (SSSR count). The second-order valence-electron chi connectivity index (χ2n) is 6.47. The molecule has 0 radical (unpaired) electrons. The van der Waals surface area contributed by atoms with Crippen molar-refractivity contribution in [2.24, 2.45) is 0 Å². The number of hydrogen-bond donors (Lipinski definition) is 1. The van der Waals surface area contributed by atoms with Gasteiger partial charge in [-0.05, 0) is 56.4 Å². The summed E-state index contributed by atoms with van der Waals surface area (Å²) < 4.78 is 11.4. The molecule has 0 saturated carbocycles. The standard InChI is InChI=1S/C22H29NO3/c1-4-14-25-21-10-6-5-8-19(21)9-7-13-23-22(24)16-26-20-12-11-17(2)15-18(20)3/h5-6,8,10-12,15H,4,7,9,13-14,16H2,1-3H3,(H,23,24). The van der Waals surface area contributed by atoms with Crippen LogP contribution in [0.25, 0.3) is 0 Å². The van der Waals surface area contributed by atoms with Crippen LogP contribution in [0.1, 0.15) is 36.5 Å². The predicted molar refractivity (Wildman–Crippen MR) is 105 cm³/mol. The lowest BCUT2D eigenvalue weighted by Crippen LogP contribution is -2.30. The molecule has 4 heteroatoms. The monoisotopic (exact) mass is 355 g/mol. The SMILES string of the molecule is CCCOc1ccccc1CCCNC(=O)COc1ccc(C)cc1C. The van der Waals surface area contributed by atoms with Crippen molar-refractivity contribution in [1.82, 2.24) is 5.32 Å². The van der Waals surface area contributed by atoms with Gasteiger partial charge in [0.25, 0.3) is 5.91 Å². The minimum Gasteiger partial charge on any atom is -0.493 e. The first-order chi connectivity index (χ1) is 12.6. The highest BCUT2D eigenvalue weighted by Crippen LogP contribution is 2.20. The minimum atomic E-state index is -0.0968. The molecule has 1 amide bonds. The number of nitrogens with one attached hydrogen (secondary N) is 1. The summed E-state index contributed by atoms with van der Waals surface area (Å²) in [7, 11) is 0. The third kappa shape index (κ3) is 6.43. The van der Waals surface area contributed by atoms with E-state index in [0.29, 0.717) is 6.54 Å². The fraction of sp³-hybridized carbons (Fsp3) is 0.409. The lowest BCUT2D eigenvalue weighted by molar-refractivity contribution is -0.123. The van der Waals surface area contributed by atoms with Crippen LogP contribution in [0.2, 0.25) is 0 Å². The molecule has 26 heavy (non-hydrogen) atoms. The van der Waals surface area contributed by atoms with Crippen LogP contribution in [0.5, 0.6) is 11.5 Å². The summed E-state index contributed by atoms with van der Waals surface area (Å²) in [5.74, 6) is 1.60. The molecule has 2 aromatic rings. The average molecular weight is 355 g/mol. The largest absolute Gasteiger partial charge is 0.493 e. The number of aryl methyl sites for hydroxylation is 3. The van der Waals surface area contributed by atoms with Crippen LogP contribution in [0.15, 0.2) is 42.5 Å². The van der Waals surface area contributed by atoms with Crippen LogP contribution in [-0.2, 0) is 11.2 Å². The summed E-state index contributed by atoms with van der Waals surface area (Å²) in [6.45, 7) is 7.51. The first-order valence-electron chi connectivity index (χ1n) is 9.27. The van der Waals surface area contributed by atoms with Gasteiger partial charge in [-0.25, -0.2) is 0 Å². The summed E-state index contributed by atoms with van der Waals surface area (Å²) in [5.41, 5.74) is 3.41. The van der Waals surface area contributed by atoms with E-state index in [1.54, 1.807) is 0 Å². The van der Waals surface area contributed by atoms with Gasteiger partial charge in [0, 0.05) is 6.54 Å². The molecule has 0 atom stereocenters. The maximum absolute atomic E-state index is 12.0. The lowest BCUT2D eigenvalue weighted by atomic mass is 10.1. The fourth-order valence-electron chi connectivity index (χ4n) is 2.73. The van der Waals surface area contributed by atoms with Crippen molar-refractivity contribution in [2.75, 3.05) is 19.8 Å². The van der Waals surface area contributed by atoms with Crippen molar-refractivity contribution in [2.45, 2.75) is 40.0 Å². The molecule has 0 heterocycles. The van der Waals surface area contributed by atoms with E-state index in [1.807, 2.05) is 50.2 Å². The first-order valence-corrected chi connectivity index (χ1v) is 9.27. The molecule has 1 N–H and O–H groups in total. The van der Waals surface area contributed by atoms with E-state index in [1.165, 1.54) is 11.1 Å². The van der Waals surface area contributed by atoms with E-state index >= 15 is 0 Å². The van der Waals surface area contributed by atoms with Crippen molar-refractivity contribution in [3.63, 3.8) is 0 Å². The number of carbonyl (C=O) groups excluding carboxylic acids is 1. The van der Waals surface area contributed by atoms with E-state index in [-0.39, 0.29) is 12.5 Å². The first kappa shape index (κ1) is 19.8. The number of ether oxygens (including phenoxy) is 2. The van der Waals surface area contributed by atoms with Crippen LogP contribution in [-0.4, -0.2) is 25.7 Å². The number of para-hydroxylation sites is 1. The molecule has 4 nitrogen and oxygen atoms in total. The second-order valence-corrected chi connectivity index (χ2v) is 6.47. The maximum Gasteiger partial charge on any atom is 0.257 e. The van der Waals surface area contributed by atoms with E-state index in [2.05, 4.69) is 18.3 Å². The molecule has 140 valence electrons. The smallest absolute Gasteiger partial charge is 0.257 e. The second kappa shape index (κ2) is 10.5. The summed E-state index contributed by atoms with van der Waals surface area (Å²) in [6, 6.07) is 14.0. The van der Waals surface area contributed by atoms with E-state index in [0.717, 1.165) is 42.9 Å². The number of benzene rings is 2. The van der Waals surface area contributed by atoms with Gasteiger partial charge in [-0.15, -0.1) is 0 Å². The normalized spacial score (nSPS) is 10.4. The molecule has 0 aromatic heterocycles. The van der Waals surface area contributed by atoms with Crippen LogP contribution < -0.4 is 14.8 Å². The Labute approximate surface area is 156 Å².